The summed E-state index contributed by atoms with van der Waals surface area (Å²) in [7, 11) is 0. The van der Waals surface area contributed by atoms with Gasteiger partial charge in [-0.25, -0.2) is 9.37 Å². The van der Waals surface area contributed by atoms with Gasteiger partial charge in [0.25, 0.3) is 5.91 Å². The fourth-order valence-electron chi connectivity index (χ4n) is 3.68. The van der Waals surface area contributed by atoms with E-state index >= 15 is 0 Å². The molecule has 1 aliphatic rings. The van der Waals surface area contributed by atoms with E-state index in [-0.39, 0.29) is 17.8 Å². The second-order valence-corrected chi connectivity index (χ2v) is 7.63. The summed E-state index contributed by atoms with van der Waals surface area (Å²) in [5.74, 6) is 0.679. The molecule has 0 spiro atoms. The number of amides is 1. The van der Waals surface area contributed by atoms with Gasteiger partial charge in [0.1, 0.15) is 17.8 Å². The van der Waals surface area contributed by atoms with Gasteiger partial charge in [0, 0.05) is 11.6 Å². The summed E-state index contributed by atoms with van der Waals surface area (Å²) in [5, 5.41) is 3.08. The van der Waals surface area contributed by atoms with Crippen molar-refractivity contribution in [2.75, 3.05) is 11.4 Å². The summed E-state index contributed by atoms with van der Waals surface area (Å²) in [4.78, 5) is 19.4. The van der Waals surface area contributed by atoms with Crippen LogP contribution in [0.3, 0.4) is 0 Å². The second-order valence-electron chi connectivity index (χ2n) is 7.63. The Morgan fingerprint density at radius 2 is 1.94 bits per heavy atom. The summed E-state index contributed by atoms with van der Waals surface area (Å²) in [6, 6.07) is 13.8. The molecule has 1 amide bonds. The topological polar surface area (TPSA) is 67.6 Å². The van der Waals surface area contributed by atoms with E-state index in [0.717, 1.165) is 24.2 Å². The normalized spacial score (nSPS) is 15.5. The van der Waals surface area contributed by atoms with Crippen LogP contribution < -0.4 is 15.0 Å². The summed E-state index contributed by atoms with van der Waals surface area (Å²) >= 11 is 0. The van der Waals surface area contributed by atoms with Crippen molar-refractivity contribution < 1.29 is 18.3 Å². The molecule has 6 nitrogen and oxygen atoms in total. The molecule has 1 unspecified atom stereocenters. The molecule has 0 fully saturated rings. The van der Waals surface area contributed by atoms with E-state index in [1.165, 1.54) is 12.1 Å². The van der Waals surface area contributed by atoms with Crippen molar-refractivity contribution in [2.24, 2.45) is 0 Å². The lowest BCUT2D eigenvalue weighted by atomic mass is 10.1. The third kappa shape index (κ3) is 4.71. The molecule has 1 N–H and O–H groups in total. The zero-order valence-electron chi connectivity index (χ0n) is 17.7. The highest BCUT2D eigenvalue weighted by Crippen LogP contribution is 2.34. The number of para-hydroxylation sites is 2. The molecule has 31 heavy (non-hydrogen) atoms. The molecule has 1 aromatic heterocycles. The van der Waals surface area contributed by atoms with Crippen LogP contribution in [-0.2, 0) is 11.3 Å². The Kier molecular flexibility index (Phi) is 6.21. The van der Waals surface area contributed by atoms with Crippen LogP contribution in [-0.4, -0.2) is 29.6 Å². The Hall–Kier alpha value is -3.35. The third-order valence-electron chi connectivity index (χ3n) is 5.48. The Morgan fingerprint density at radius 1 is 1.19 bits per heavy atom. The number of hydrogen-bond donors (Lipinski definition) is 1. The molecule has 1 atom stereocenters. The summed E-state index contributed by atoms with van der Waals surface area (Å²) in [6.45, 7) is 4.98. The minimum Gasteiger partial charge on any atom is -0.477 e. The van der Waals surface area contributed by atoms with Crippen LogP contribution in [0.1, 0.15) is 32.4 Å². The summed E-state index contributed by atoms with van der Waals surface area (Å²) < 4.78 is 24.8. The summed E-state index contributed by atoms with van der Waals surface area (Å²) in [6.07, 6.45) is 2.73. The number of benzene rings is 2. The van der Waals surface area contributed by atoms with Crippen LogP contribution in [0.5, 0.6) is 5.75 Å². The van der Waals surface area contributed by atoms with E-state index in [9.17, 15) is 9.18 Å². The van der Waals surface area contributed by atoms with Crippen LogP contribution in [0.2, 0.25) is 0 Å². The van der Waals surface area contributed by atoms with Gasteiger partial charge in [0.2, 0.25) is 5.89 Å². The van der Waals surface area contributed by atoms with E-state index in [1.807, 2.05) is 24.3 Å². The molecule has 0 saturated carbocycles. The molecular weight excluding hydrogens is 397 g/mol. The minimum atomic E-state index is -0.612. The number of nitrogens with one attached hydrogen (secondary N) is 1. The fraction of sp³-hybridized carbons (Fsp3) is 0.333. The number of carbonyl (C=O) groups is 1. The van der Waals surface area contributed by atoms with Gasteiger partial charge in [-0.2, -0.15) is 0 Å². The highest BCUT2D eigenvalue weighted by atomic mass is 19.1. The van der Waals surface area contributed by atoms with Crippen molar-refractivity contribution >= 4 is 11.6 Å². The maximum Gasteiger partial charge on any atom is 0.263 e. The van der Waals surface area contributed by atoms with Crippen molar-refractivity contribution in [3.8, 4) is 17.2 Å². The van der Waals surface area contributed by atoms with Gasteiger partial charge in [-0.3, -0.25) is 4.79 Å². The molecule has 0 aliphatic carbocycles. The molecule has 7 heteroatoms. The first-order chi connectivity index (χ1) is 15.1. The molecule has 4 rings (SSSR count). The standard InChI is InChI=1S/C24H26FN3O3/c1-3-18(4-2)26-23(29)22-14-28(20-7-5-6-8-21(20)31-22)13-19-15-30-24(27-19)16-9-11-17(25)12-10-16/h5-12,15,18,22H,3-4,13-14H2,1-2H3,(H,26,29). The van der Waals surface area contributed by atoms with Crippen molar-refractivity contribution in [1.82, 2.24) is 10.3 Å². The van der Waals surface area contributed by atoms with E-state index in [1.54, 1.807) is 18.4 Å². The number of aromatic nitrogens is 1. The number of halogens is 1. The Morgan fingerprint density at radius 3 is 2.68 bits per heavy atom. The zero-order chi connectivity index (χ0) is 21.8. The van der Waals surface area contributed by atoms with Crippen molar-refractivity contribution in [2.45, 2.75) is 45.4 Å². The molecule has 3 aromatic rings. The maximum absolute atomic E-state index is 13.2. The number of rotatable bonds is 7. The highest BCUT2D eigenvalue weighted by molar-refractivity contribution is 5.83. The molecule has 2 heterocycles. The van der Waals surface area contributed by atoms with Gasteiger partial charge < -0.3 is 19.4 Å². The summed E-state index contributed by atoms with van der Waals surface area (Å²) in [5.41, 5.74) is 2.33. The van der Waals surface area contributed by atoms with Crippen LogP contribution in [0, 0.1) is 5.82 Å². The lowest BCUT2D eigenvalue weighted by Gasteiger charge is -2.35. The largest absolute Gasteiger partial charge is 0.477 e. The molecule has 162 valence electrons. The highest BCUT2D eigenvalue weighted by Gasteiger charge is 2.31. The lowest BCUT2D eigenvalue weighted by Crippen LogP contribution is -2.51. The Labute approximate surface area is 181 Å². The molecular formula is C24H26FN3O3. The van der Waals surface area contributed by atoms with Crippen LogP contribution in [0.25, 0.3) is 11.5 Å². The molecule has 1 aliphatic heterocycles. The van der Waals surface area contributed by atoms with Crippen LogP contribution in [0.4, 0.5) is 10.1 Å². The fourth-order valence-corrected chi connectivity index (χ4v) is 3.68. The monoisotopic (exact) mass is 423 g/mol. The van der Waals surface area contributed by atoms with Gasteiger partial charge in [-0.05, 0) is 49.2 Å². The SMILES string of the molecule is CCC(CC)NC(=O)C1CN(Cc2coc(-c3ccc(F)cc3)n2)c2ccccc2O1. The lowest BCUT2D eigenvalue weighted by molar-refractivity contribution is -0.128. The van der Waals surface area contributed by atoms with Gasteiger partial charge in [0.15, 0.2) is 6.10 Å². The van der Waals surface area contributed by atoms with E-state index < -0.39 is 6.10 Å². The molecule has 0 bridgehead atoms. The smallest absolute Gasteiger partial charge is 0.263 e. The maximum atomic E-state index is 13.2. The van der Waals surface area contributed by atoms with Crippen LogP contribution >= 0.6 is 0 Å². The Balaban J connectivity index is 1.53. The zero-order valence-corrected chi connectivity index (χ0v) is 17.7. The third-order valence-corrected chi connectivity index (χ3v) is 5.48. The predicted molar refractivity (Wildman–Crippen MR) is 116 cm³/mol. The first-order valence-electron chi connectivity index (χ1n) is 10.6. The Bertz CT molecular complexity index is 1030. The average Bonchev–Trinajstić information content (AvgIpc) is 3.26. The van der Waals surface area contributed by atoms with Crippen molar-refractivity contribution in [3.63, 3.8) is 0 Å². The first kappa shape index (κ1) is 20.9. The van der Waals surface area contributed by atoms with Crippen LogP contribution in [0.15, 0.2) is 59.2 Å². The number of oxazole rings is 1. The molecule has 0 radical (unpaired) electrons. The number of fused-ring (bicyclic) bond motifs is 1. The molecule has 0 saturated heterocycles. The van der Waals surface area contributed by atoms with E-state index in [4.69, 9.17) is 9.15 Å². The number of carbonyl (C=O) groups excluding carboxylic acids is 1. The van der Waals surface area contributed by atoms with Crippen molar-refractivity contribution in [1.29, 1.82) is 0 Å². The van der Waals surface area contributed by atoms with Crippen molar-refractivity contribution in [3.05, 3.63) is 66.3 Å². The van der Waals surface area contributed by atoms with Gasteiger partial charge >= 0.3 is 0 Å². The number of ether oxygens (including phenoxy) is 1. The minimum absolute atomic E-state index is 0.111. The molecule has 2 aromatic carbocycles. The van der Waals surface area contributed by atoms with E-state index in [0.29, 0.717) is 30.3 Å². The average molecular weight is 423 g/mol. The first-order valence-corrected chi connectivity index (χ1v) is 10.6. The number of hydrogen-bond acceptors (Lipinski definition) is 5. The van der Waals surface area contributed by atoms with Gasteiger partial charge in [0.05, 0.1) is 24.5 Å². The second kappa shape index (κ2) is 9.20. The van der Waals surface area contributed by atoms with Gasteiger partial charge in [-0.15, -0.1) is 0 Å². The van der Waals surface area contributed by atoms with E-state index in [2.05, 4.69) is 29.0 Å². The van der Waals surface area contributed by atoms with Gasteiger partial charge in [-0.1, -0.05) is 26.0 Å². The number of nitrogens with zero attached hydrogens (tertiary/aromatic N) is 2. The number of anilines is 1. The predicted octanol–water partition coefficient (Wildman–Crippen LogP) is 4.55. The quantitative estimate of drug-likeness (QED) is 0.604.